The summed E-state index contributed by atoms with van der Waals surface area (Å²) in [4.78, 5) is 103. The van der Waals surface area contributed by atoms with E-state index in [1.165, 1.54) is 0 Å². The van der Waals surface area contributed by atoms with Crippen LogP contribution in [0.5, 0.6) is 0 Å². The number of amides is 1. The van der Waals surface area contributed by atoms with Gasteiger partial charge in [-0.15, -0.1) is 0 Å². The molecule has 0 radical (unpaired) electrons. The first-order valence-corrected chi connectivity index (χ1v) is 26.5. The molecule has 0 aromatic heterocycles. The monoisotopic (exact) mass is 985 g/mol. The van der Waals surface area contributed by atoms with Gasteiger partial charge in [0.05, 0.1) is 58.9 Å². The minimum absolute atomic E-state index is 0.0573. The lowest BCUT2D eigenvalue weighted by molar-refractivity contribution is -0.191. The van der Waals surface area contributed by atoms with E-state index in [0.717, 1.165) is 96.3 Å². The van der Waals surface area contributed by atoms with Gasteiger partial charge < -0.3 is 43.8 Å². The average molecular weight is 985 g/mol. The lowest BCUT2D eigenvalue weighted by Crippen LogP contribution is -2.49. The fourth-order valence-electron chi connectivity index (χ4n) is 6.99. The number of ether oxygens (including phenoxy) is 7. The highest BCUT2D eigenvalue weighted by Gasteiger charge is 2.49. The number of hydrogen-bond donors (Lipinski definition) is 2. The molecule has 0 rings (SSSR count). The number of carbonyl (C=O) groups excluding carboxylic acids is 8. The van der Waals surface area contributed by atoms with Crippen LogP contribution in [0.15, 0.2) is 0 Å². The van der Waals surface area contributed by atoms with Crippen LogP contribution in [-0.4, -0.2) is 113 Å². The number of nitrogens with one attached hydrogen (secondary N) is 2. The Balaban J connectivity index is 5.65. The van der Waals surface area contributed by atoms with E-state index in [-0.39, 0.29) is 64.0 Å². The molecule has 0 unspecified atom stereocenters. The average Bonchev–Trinajstić information content (AvgIpc) is 3.32. The molecule has 2 N–H and O–H groups in total. The first-order chi connectivity index (χ1) is 33.4. The van der Waals surface area contributed by atoms with Crippen molar-refractivity contribution < 1.29 is 71.5 Å². The molecule has 0 atom stereocenters. The predicted octanol–water partition coefficient (Wildman–Crippen LogP) is 9.02. The van der Waals surface area contributed by atoms with Gasteiger partial charge in [0, 0.05) is 38.8 Å². The van der Waals surface area contributed by atoms with E-state index >= 15 is 0 Å². The maximum Gasteiger partial charge on any atom is 0.351 e. The van der Waals surface area contributed by atoms with Crippen LogP contribution in [0.3, 0.4) is 0 Å². The van der Waals surface area contributed by atoms with Crippen LogP contribution in [-0.2, 0) is 71.5 Å². The van der Waals surface area contributed by atoms with Gasteiger partial charge in [-0.2, -0.15) is 0 Å². The van der Waals surface area contributed by atoms with Crippen molar-refractivity contribution in [2.24, 2.45) is 0 Å². The maximum atomic E-state index is 14.0. The third kappa shape index (κ3) is 40.2. The van der Waals surface area contributed by atoms with Crippen molar-refractivity contribution in [3.8, 4) is 0 Å². The normalized spacial score (nSPS) is 11.1. The van der Waals surface area contributed by atoms with Gasteiger partial charge in [0.25, 0.3) is 0 Å². The summed E-state index contributed by atoms with van der Waals surface area (Å²) >= 11 is 0. The Hall–Kier alpha value is -4.28. The van der Waals surface area contributed by atoms with Crippen LogP contribution in [0.4, 0.5) is 0 Å². The highest BCUT2D eigenvalue weighted by Crippen LogP contribution is 2.27. The summed E-state index contributed by atoms with van der Waals surface area (Å²) < 4.78 is 38.1. The fourth-order valence-corrected chi connectivity index (χ4v) is 6.99. The molecule has 0 aromatic carbocycles. The van der Waals surface area contributed by atoms with Gasteiger partial charge in [-0.3, -0.25) is 33.6 Å². The minimum atomic E-state index is -2.48. The molecule has 400 valence electrons. The first kappa shape index (κ1) is 64.7. The van der Waals surface area contributed by atoms with Gasteiger partial charge in [-0.1, -0.05) is 97.8 Å². The Morgan fingerprint density at radius 3 is 1.04 bits per heavy atom. The molecule has 0 saturated heterocycles. The summed E-state index contributed by atoms with van der Waals surface area (Å²) in [7, 11) is 1.72. The number of hydrogen-bond acceptors (Lipinski definition) is 16. The van der Waals surface area contributed by atoms with E-state index in [1.54, 1.807) is 7.05 Å². The topological polar surface area (TPSA) is 225 Å². The van der Waals surface area contributed by atoms with Crippen molar-refractivity contribution in [2.75, 3.05) is 59.8 Å². The Labute approximate surface area is 414 Å². The van der Waals surface area contributed by atoms with Crippen LogP contribution in [0, 0.1) is 0 Å². The van der Waals surface area contributed by atoms with E-state index in [9.17, 15) is 38.4 Å². The zero-order valence-electron chi connectivity index (χ0n) is 43.2. The standard InChI is InChI=1S/C52H92N2O15/c1-5-8-11-14-20-29-45(56)63-36-23-17-26-39-66-49(60)42-52(69-48(59)33-32-44(55)54-35-34-53-4,51(62)68-41-28-19-25-38-65-47(58)31-22-16-13-10-7-3)43-50(61)67-40-27-18-24-37-64-46(57)30-21-15-12-9-6-2/h53H,5-43H2,1-4H3,(H,54,55). The highest BCUT2D eigenvalue weighted by atomic mass is 16.6. The number of likely N-dealkylation sites (N-methyl/N-ethyl adjacent to an activating group) is 1. The van der Waals surface area contributed by atoms with E-state index in [4.69, 9.17) is 33.2 Å². The summed E-state index contributed by atoms with van der Waals surface area (Å²) in [5.74, 6) is -5.23. The van der Waals surface area contributed by atoms with E-state index in [1.807, 2.05) is 0 Å². The Bertz CT molecular complexity index is 1340. The molecule has 17 nitrogen and oxygen atoms in total. The second-order valence-corrected chi connectivity index (χ2v) is 17.7. The van der Waals surface area contributed by atoms with Crippen molar-refractivity contribution in [1.29, 1.82) is 0 Å². The van der Waals surface area contributed by atoms with Crippen molar-refractivity contribution in [1.82, 2.24) is 10.6 Å². The molecule has 0 fully saturated rings. The molecule has 0 aliphatic heterocycles. The molecular weight excluding hydrogens is 893 g/mol. The Morgan fingerprint density at radius 2 is 0.681 bits per heavy atom. The first-order valence-electron chi connectivity index (χ1n) is 26.5. The van der Waals surface area contributed by atoms with Crippen LogP contribution >= 0.6 is 0 Å². The lowest BCUT2D eigenvalue weighted by Gasteiger charge is -2.30. The van der Waals surface area contributed by atoms with E-state index < -0.39 is 54.6 Å². The smallest absolute Gasteiger partial charge is 0.351 e. The molecule has 0 bridgehead atoms. The van der Waals surface area contributed by atoms with Gasteiger partial charge in [0.2, 0.25) is 11.5 Å². The Morgan fingerprint density at radius 1 is 0.348 bits per heavy atom. The maximum absolute atomic E-state index is 14.0. The second-order valence-electron chi connectivity index (χ2n) is 17.7. The van der Waals surface area contributed by atoms with Gasteiger partial charge in [-0.25, -0.2) is 4.79 Å². The van der Waals surface area contributed by atoms with Crippen molar-refractivity contribution in [3.63, 3.8) is 0 Å². The summed E-state index contributed by atoms with van der Waals surface area (Å²) in [5, 5.41) is 5.55. The summed E-state index contributed by atoms with van der Waals surface area (Å²) in [6, 6.07) is 0. The number of unbranched alkanes of at least 4 members (excludes halogenated alkanes) is 18. The van der Waals surface area contributed by atoms with Crippen LogP contribution in [0.2, 0.25) is 0 Å². The lowest BCUT2D eigenvalue weighted by atomic mass is 9.94. The predicted molar refractivity (Wildman–Crippen MR) is 262 cm³/mol. The van der Waals surface area contributed by atoms with Crippen molar-refractivity contribution in [3.05, 3.63) is 0 Å². The third-order valence-corrected chi connectivity index (χ3v) is 11.2. The molecule has 69 heavy (non-hydrogen) atoms. The van der Waals surface area contributed by atoms with Gasteiger partial charge in [0.1, 0.15) is 0 Å². The largest absolute Gasteiger partial charge is 0.466 e. The molecule has 1 amide bonds. The molecule has 17 heteroatoms. The number of carbonyl (C=O) groups is 8. The quantitative estimate of drug-likeness (QED) is 0.0329. The zero-order valence-corrected chi connectivity index (χ0v) is 43.2. The van der Waals surface area contributed by atoms with E-state index in [2.05, 4.69) is 31.4 Å². The number of rotatable bonds is 48. The van der Waals surface area contributed by atoms with Gasteiger partial charge in [-0.05, 0) is 84.1 Å². The van der Waals surface area contributed by atoms with Crippen molar-refractivity contribution >= 4 is 47.7 Å². The summed E-state index contributed by atoms with van der Waals surface area (Å²) in [6.45, 7) is 7.61. The highest BCUT2D eigenvalue weighted by molar-refractivity contribution is 5.93. The zero-order chi connectivity index (χ0) is 51.1. The number of esters is 7. The molecule has 0 aromatic rings. The molecule has 0 saturated carbocycles. The molecular formula is C52H92N2O15. The fraction of sp³-hybridized carbons (Fsp3) is 0.846. The van der Waals surface area contributed by atoms with Crippen molar-refractivity contribution in [2.45, 2.75) is 225 Å². The third-order valence-electron chi connectivity index (χ3n) is 11.2. The Kier molecular flexibility index (Phi) is 43.3. The van der Waals surface area contributed by atoms with Gasteiger partial charge >= 0.3 is 41.8 Å². The second kappa shape index (κ2) is 46.1. The van der Waals surface area contributed by atoms with E-state index in [0.29, 0.717) is 90.1 Å². The summed E-state index contributed by atoms with van der Waals surface area (Å²) in [6.07, 6.45) is 18.5. The molecule has 0 heterocycles. The van der Waals surface area contributed by atoms with Gasteiger partial charge in [0.15, 0.2) is 0 Å². The SMILES string of the molecule is CCCCCCCC(=O)OCCCCCOC(=O)CC(CC(=O)OCCCCCOC(=O)CCCCCCC)(OC(=O)CCC(=O)NCCNC)C(=O)OCCCCCOC(=O)CCCCCCC. The minimum Gasteiger partial charge on any atom is -0.466 e. The van der Waals surface area contributed by atoms with Crippen LogP contribution in [0.1, 0.15) is 220 Å². The van der Waals surface area contributed by atoms with Crippen LogP contribution < -0.4 is 10.6 Å². The van der Waals surface area contributed by atoms with Crippen LogP contribution in [0.25, 0.3) is 0 Å². The molecule has 0 aliphatic carbocycles. The molecule has 0 spiro atoms. The molecule has 0 aliphatic rings. The summed E-state index contributed by atoms with van der Waals surface area (Å²) in [5.41, 5.74) is -2.48.